The SMILES string of the molecule is CCc1cc(N=NC(=N)N)ccc1O. The fraction of sp³-hybridized carbons (Fsp3) is 0.222. The topological polar surface area (TPSA) is 94.8 Å². The van der Waals surface area contributed by atoms with Crippen molar-refractivity contribution >= 4 is 11.6 Å². The molecule has 14 heavy (non-hydrogen) atoms. The zero-order valence-corrected chi connectivity index (χ0v) is 7.86. The summed E-state index contributed by atoms with van der Waals surface area (Å²) < 4.78 is 0. The Morgan fingerprint density at radius 3 is 2.86 bits per heavy atom. The van der Waals surface area contributed by atoms with Gasteiger partial charge >= 0.3 is 0 Å². The van der Waals surface area contributed by atoms with Crippen molar-refractivity contribution in [2.75, 3.05) is 0 Å². The molecule has 0 aliphatic heterocycles. The second-order valence-electron chi connectivity index (χ2n) is 2.75. The molecule has 1 rings (SSSR count). The van der Waals surface area contributed by atoms with Gasteiger partial charge in [-0.3, -0.25) is 5.41 Å². The molecule has 4 N–H and O–H groups in total. The molecule has 1 aromatic carbocycles. The highest BCUT2D eigenvalue weighted by Gasteiger charge is 1.99. The van der Waals surface area contributed by atoms with Crippen LogP contribution >= 0.6 is 0 Å². The van der Waals surface area contributed by atoms with E-state index < -0.39 is 0 Å². The highest BCUT2D eigenvalue weighted by atomic mass is 16.3. The molecule has 0 atom stereocenters. The minimum absolute atomic E-state index is 0.245. The van der Waals surface area contributed by atoms with Gasteiger partial charge < -0.3 is 10.8 Å². The molecule has 0 saturated carbocycles. The maximum atomic E-state index is 9.37. The number of aromatic hydroxyl groups is 1. The van der Waals surface area contributed by atoms with E-state index in [4.69, 9.17) is 11.1 Å². The summed E-state index contributed by atoms with van der Waals surface area (Å²) in [6, 6.07) is 4.87. The maximum absolute atomic E-state index is 9.37. The van der Waals surface area contributed by atoms with Gasteiger partial charge in [0.2, 0.25) is 5.96 Å². The third-order valence-corrected chi connectivity index (χ3v) is 1.72. The highest BCUT2D eigenvalue weighted by molar-refractivity contribution is 5.74. The second kappa shape index (κ2) is 4.36. The normalized spacial score (nSPS) is 10.6. The lowest BCUT2D eigenvalue weighted by Gasteiger charge is -2.01. The Morgan fingerprint density at radius 2 is 2.29 bits per heavy atom. The van der Waals surface area contributed by atoms with Crippen molar-refractivity contribution in [1.82, 2.24) is 0 Å². The lowest BCUT2D eigenvalue weighted by atomic mass is 10.1. The average molecular weight is 192 g/mol. The van der Waals surface area contributed by atoms with Crippen molar-refractivity contribution in [1.29, 1.82) is 5.41 Å². The molecule has 5 nitrogen and oxygen atoms in total. The van der Waals surface area contributed by atoms with Gasteiger partial charge in [0.25, 0.3) is 0 Å². The third kappa shape index (κ3) is 2.55. The first-order valence-electron chi connectivity index (χ1n) is 4.21. The zero-order chi connectivity index (χ0) is 10.6. The Hall–Kier alpha value is -1.91. The lowest BCUT2D eigenvalue weighted by Crippen LogP contribution is -2.03. The van der Waals surface area contributed by atoms with Crippen LogP contribution in [0.4, 0.5) is 5.69 Å². The standard InChI is InChI=1S/C9H12N4O/c1-2-6-5-7(3-4-8(6)14)12-13-9(10)11/h3-5,14H,2H2,1H3,(H3,10,11). The number of nitrogens with one attached hydrogen (secondary N) is 1. The van der Waals surface area contributed by atoms with Crippen LogP contribution in [0.1, 0.15) is 12.5 Å². The average Bonchev–Trinajstić information content (AvgIpc) is 2.16. The number of rotatable bonds is 2. The van der Waals surface area contributed by atoms with E-state index in [-0.39, 0.29) is 11.7 Å². The summed E-state index contributed by atoms with van der Waals surface area (Å²) in [7, 11) is 0. The summed E-state index contributed by atoms with van der Waals surface area (Å²) in [5.74, 6) is -0.0922. The van der Waals surface area contributed by atoms with Crippen LogP contribution in [0.25, 0.3) is 0 Å². The largest absolute Gasteiger partial charge is 0.508 e. The summed E-state index contributed by atoms with van der Waals surface area (Å²) in [6.45, 7) is 1.93. The number of azo groups is 1. The van der Waals surface area contributed by atoms with E-state index in [2.05, 4.69) is 10.2 Å². The first-order valence-corrected chi connectivity index (χ1v) is 4.21. The Kier molecular flexibility index (Phi) is 3.17. The molecule has 1 aromatic rings. The molecule has 0 aromatic heterocycles. The van der Waals surface area contributed by atoms with Crippen LogP contribution in [-0.4, -0.2) is 11.1 Å². The minimum atomic E-state index is -0.337. The van der Waals surface area contributed by atoms with Gasteiger partial charge in [0.05, 0.1) is 5.69 Å². The van der Waals surface area contributed by atoms with Gasteiger partial charge in [0, 0.05) is 0 Å². The van der Waals surface area contributed by atoms with E-state index >= 15 is 0 Å². The first-order chi connectivity index (χ1) is 6.63. The van der Waals surface area contributed by atoms with Crippen molar-refractivity contribution in [2.45, 2.75) is 13.3 Å². The summed E-state index contributed by atoms with van der Waals surface area (Å²) in [6.07, 6.45) is 0.718. The fourth-order valence-corrected chi connectivity index (χ4v) is 1.03. The molecule has 0 heterocycles. The molecular formula is C9H12N4O. The van der Waals surface area contributed by atoms with E-state index in [0.717, 1.165) is 12.0 Å². The predicted octanol–water partition coefficient (Wildman–Crippen LogP) is 1.93. The second-order valence-corrected chi connectivity index (χ2v) is 2.75. The number of phenolic OH excluding ortho intramolecular Hbond substituents is 1. The summed E-state index contributed by atoms with van der Waals surface area (Å²) in [5, 5.41) is 23.3. The number of guanidine groups is 1. The molecule has 0 unspecified atom stereocenters. The molecule has 0 bridgehead atoms. The molecule has 0 spiro atoms. The van der Waals surface area contributed by atoms with Crippen LogP contribution in [0.5, 0.6) is 5.75 Å². The van der Waals surface area contributed by atoms with Gasteiger partial charge in [-0.25, -0.2) is 0 Å². The van der Waals surface area contributed by atoms with Crippen molar-refractivity contribution in [3.63, 3.8) is 0 Å². The number of nitrogens with two attached hydrogens (primary N) is 1. The quantitative estimate of drug-likeness (QED) is 0.379. The number of benzene rings is 1. The van der Waals surface area contributed by atoms with E-state index in [1.54, 1.807) is 18.2 Å². The number of hydrogen-bond donors (Lipinski definition) is 3. The number of aryl methyl sites for hydroxylation is 1. The fourth-order valence-electron chi connectivity index (χ4n) is 1.03. The molecule has 0 amide bonds. The van der Waals surface area contributed by atoms with E-state index in [1.807, 2.05) is 6.92 Å². The van der Waals surface area contributed by atoms with Gasteiger partial charge in [0.15, 0.2) is 0 Å². The molecule has 5 heteroatoms. The number of phenols is 1. The first kappa shape index (κ1) is 10.2. The Morgan fingerprint density at radius 1 is 1.57 bits per heavy atom. The molecular weight excluding hydrogens is 180 g/mol. The Bertz CT molecular complexity index is 373. The van der Waals surface area contributed by atoms with Gasteiger partial charge in [-0.2, -0.15) is 0 Å². The number of hydrogen-bond acceptors (Lipinski definition) is 3. The summed E-state index contributed by atoms with van der Waals surface area (Å²) in [5.41, 5.74) is 6.39. The van der Waals surface area contributed by atoms with Crippen LogP contribution in [0, 0.1) is 5.41 Å². The van der Waals surface area contributed by atoms with Gasteiger partial charge in [-0.1, -0.05) is 6.92 Å². The van der Waals surface area contributed by atoms with E-state index in [1.165, 1.54) is 0 Å². The van der Waals surface area contributed by atoms with Crippen LogP contribution in [0.2, 0.25) is 0 Å². The van der Waals surface area contributed by atoms with Crippen molar-refractivity contribution in [2.24, 2.45) is 16.0 Å². The predicted molar refractivity (Wildman–Crippen MR) is 53.9 cm³/mol. The summed E-state index contributed by atoms with van der Waals surface area (Å²) >= 11 is 0. The van der Waals surface area contributed by atoms with Gasteiger partial charge in [-0.15, -0.1) is 10.2 Å². The van der Waals surface area contributed by atoms with Crippen LogP contribution in [0.15, 0.2) is 28.4 Å². The zero-order valence-electron chi connectivity index (χ0n) is 7.86. The van der Waals surface area contributed by atoms with Crippen LogP contribution in [-0.2, 0) is 6.42 Å². The summed E-state index contributed by atoms with van der Waals surface area (Å²) in [4.78, 5) is 0. The Labute approximate surface area is 81.8 Å². The molecule has 0 aliphatic carbocycles. The highest BCUT2D eigenvalue weighted by Crippen LogP contribution is 2.23. The van der Waals surface area contributed by atoms with Crippen molar-refractivity contribution in [3.05, 3.63) is 23.8 Å². The third-order valence-electron chi connectivity index (χ3n) is 1.72. The van der Waals surface area contributed by atoms with Gasteiger partial charge in [0.1, 0.15) is 5.75 Å². The number of nitrogens with zero attached hydrogens (tertiary/aromatic N) is 2. The minimum Gasteiger partial charge on any atom is -0.508 e. The molecule has 0 fully saturated rings. The van der Waals surface area contributed by atoms with Gasteiger partial charge in [-0.05, 0) is 30.2 Å². The maximum Gasteiger partial charge on any atom is 0.232 e. The van der Waals surface area contributed by atoms with Crippen LogP contribution in [0.3, 0.4) is 0 Å². The van der Waals surface area contributed by atoms with Crippen LogP contribution < -0.4 is 5.73 Å². The van der Waals surface area contributed by atoms with E-state index in [9.17, 15) is 5.11 Å². The molecule has 0 saturated heterocycles. The Balaban J connectivity index is 2.95. The smallest absolute Gasteiger partial charge is 0.232 e. The lowest BCUT2D eigenvalue weighted by molar-refractivity contribution is 0.469. The van der Waals surface area contributed by atoms with Crippen molar-refractivity contribution in [3.8, 4) is 5.75 Å². The molecule has 74 valence electrons. The van der Waals surface area contributed by atoms with Crippen molar-refractivity contribution < 1.29 is 5.11 Å². The monoisotopic (exact) mass is 192 g/mol. The van der Waals surface area contributed by atoms with E-state index in [0.29, 0.717) is 5.69 Å². The molecule has 0 radical (unpaired) electrons. The molecule has 0 aliphatic rings.